The minimum Gasteiger partial charge on any atom is -0.480 e. The number of benzene rings is 1. The first-order valence-corrected chi connectivity index (χ1v) is 5.77. The maximum Gasteiger partial charge on any atom is 0.317 e. The van der Waals surface area contributed by atoms with Gasteiger partial charge in [0.15, 0.2) is 0 Å². The minimum absolute atomic E-state index is 0.0594. The first-order valence-electron chi connectivity index (χ1n) is 5.77. The van der Waals surface area contributed by atoms with E-state index in [4.69, 9.17) is 5.11 Å². The van der Waals surface area contributed by atoms with E-state index in [1.807, 2.05) is 48.2 Å². The Balaban J connectivity index is 2.74. The molecule has 92 valence electrons. The van der Waals surface area contributed by atoms with E-state index in [1.165, 1.54) is 0 Å². The van der Waals surface area contributed by atoms with Crippen molar-refractivity contribution >= 4 is 5.97 Å². The quantitative estimate of drug-likeness (QED) is 0.736. The highest BCUT2D eigenvalue weighted by Crippen LogP contribution is 2.19. The molecular formula is C14H19NO2. The van der Waals surface area contributed by atoms with Crippen LogP contribution < -0.4 is 0 Å². The highest BCUT2D eigenvalue weighted by Gasteiger charge is 2.17. The lowest BCUT2D eigenvalue weighted by Crippen LogP contribution is -2.33. The molecule has 3 nitrogen and oxygen atoms in total. The molecule has 0 amide bonds. The Morgan fingerprint density at radius 1 is 1.47 bits per heavy atom. The Labute approximate surface area is 102 Å². The lowest BCUT2D eigenvalue weighted by molar-refractivity contribution is -0.138. The highest BCUT2D eigenvalue weighted by atomic mass is 16.4. The number of carboxylic acid groups (broad SMARTS) is 1. The maximum absolute atomic E-state index is 10.8. The summed E-state index contributed by atoms with van der Waals surface area (Å²) in [6, 6.07) is 10.0. The van der Waals surface area contributed by atoms with Gasteiger partial charge in [0, 0.05) is 12.6 Å². The van der Waals surface area contributed by atoms with E-state index in [0.717, 1.165) is 12.0 Å². The molecule has 0 spiro atoms. The van der Waals surface area contributed by atoms with Crippen LogP contribution in [0.25, 0.3) is 0 Å². The number of carboxylic acids is 1. The summed E-state index contributed by atoms with van der Waals surface area (Å²) in [5.74, 6) is -0.795. The van der Waals surface area contributed by atoms with Crippen LogP contribution >= 0.6 is 0 Å². The van der Waals surface area contributed by atoms with Crippen molar-refractivity contribution in [3.05, 3.63) is 48.6 Å². The molecule has 1 aromatic carbocycles. The monoisotopic (exact) mass is 233 g/mol. The van der Waals surface area contributed by atoms with Crippen LogP contribution in [0.1, 0.15) is 24.9 Å². The van der Waals surface area contributed by atoms with Gasteiger partial charge in [-0.05, 0) is 18.9 Å². The molecule has 3 heteroatoms. The standard InChI is InChI=1S/C14H19NO2/c1-3-4-10-15(11-14(16)17)12(2)13-8-6-5-7-9-13/h3,5-9,12H,1,4,10-11H2,2H3,(H,16,17)/t12-/m0/s1. The third-order valence-electron chi connectivity index (χ3n) is 2.79. The zero-order chi connectivity index (χ0) is 12.7. The minimum atomic E-state index is -0.795. The van der Waals surface area contributed by atoms with E-state index in [9.17, 15) is 4.79 Å². The first kappa shape index (κ1) is 13.5. The molecule has 1 aromatic rings. The molecule has 0 aromatic heterocycles. The number of aliphatic carboxylic acids is 1. The number of carbonyl (C=O) groups is 1. The predicted molar refractivity (Wildman–Crippen MR) is 68.9 cm³/mol. The van der Waals surface area contributed by atoms with Crippen molar-refractivity contribution < 1.29 is 9.90 Å². The van der Waals surface area contributed by atoms with E-state index in [0.29, 0.717) is 6.54 Å². The summed E-state index contributed by atoms with van der Waals surface area (Å²) in [6.45, 7) is 6.47. The first-order chi connectivity index (χ1) is 8.15. The highest BCUT2D eigenvalue weighted by molar-refractivity contribution is 5.69. The van der Waals surface area contributed by atoms with Crippen LogP contribution in [0.15, 0.2) is 43.0 Å². The molecule has 1 atom stereocenters. The summed E-state index contributed by atoms with van der Waals surface area (Å²) in [4.78, 5) is 12.8. The van der Waals surface area contributed by atoms with E-state index >= 15 is 0 Å². The van der Waals surface area contributed by atoms with Crippen LogP contribution in [-0.4, -0.2) is 29.1 Å². The van der Waals surface area contributed by atoms with Crippen molar-refractivity contribution in [2.45, 2.75) is 19.4 Å². The Morgan fingerprint density at radius 3 is 2.65 bits per heavy atom. The van der Waals surface area contributed by atoms with Crippen LogP contribution in [0.2, 0.25) is 0 Å². The van der Waals surface area contributed by atoms with Crippen molar-refractivity contribution in [2.75, 3.05) is 13.1 Å². The molecule has 1 rings (SSSR count). The van der Waals surface area contributed by atoms with Gasteiger partial charge in [-0.3, -0.25) is 9.69 Å². The summed E-state index contributed by atoms with van der Waals surface area (Å²) < 4.78 is 0. The number of rotatable bonds is 7. The molecule has 1 N–H and O–H groups in total. The number of hydrogen-bond acceptors (Lipinski definition) is 2. The van der Waals surface area contributed by atoms with Gasteiger partial charge in [-0.1, -0.05) is 36.4 Å². The van der Waals surface area contributed by atoms with Crippen LogP contribution in [0.3, 0.4) is 0 Å². The van der Waals surface area contributed by atoms with E-state index in [2.05, 4.69) is 6.58 Å². The van der Waals surface area contributed by atoms with Gasteiger partial charge in [0.2, 0.25) is 0 Å². The number of hydrogen-bond donors (Lipinski definition) is 1. The summed E-state index contributed by atoms with van der Waals surface area (Å²) >= 11 is 0. The second kappa shape index (κ2) is 6.86. The SMILES string of the molecule is C=CCCN(CC(=O)O)[C@@H](C)c1ccccc1. The average Bonchev–Trinajstić information content (AvgIpc) is 2.34. The molecule has 0 bridgehead atoms. The van der Waals surface area contributed by atoms with Crippen molar-refractivity contribution in [3.8, 4) is 0 Å². The summed E-state index contributed by atoms with van der Waals surface area (Å²) in [6.07, 6.45) is 2.61. The molecular weight excluding hydrogens is 214 g/mol. The van der Waals surface area contributed by atoms with Crippen LogP contribution in [0.5, 0.6) is 0 Å². The molecule has 0 fully saturated rings. The summed E-state index contributed by atoms with van der Waals surface area (Å²) in [7, 11) is 0. The number of nitrogens with zero attached hydrogens (tertiary/aromatic N) is 1. The van der Waals surface area contributed by atoms with Gasteiger partial charge in [-0.15, -0.1) is 6.58 Å². The average molecular weight is 233 g/mol. The van der Waals surface area contributed by atoms with E-state index < -0.39 is 5.97 Å². The second-order valence-electron chi connectivity index (χ2n) is 4.03. The fourth-order valence-electron chi connectivity index (χ4n) is 1.78. The molecule has 0 aliphatic carbocycles. The van der Waals surface area contributed by atoms with Gasteiger partial charge in [0.25, 0.3) is 0 Å². The van der Waals surface area contributed by atoms with Gasteiger partial charge in [-0.25, -0.2) is 0 Å². The fourth-order valence-corrected chi connectivity index (χ4v) is 1.78. The van der Waals surface area contributed by atoms with Crippen LogP contribution in [-0.2, 0) is 4.79 Å². The molecule has 0 unspecified atom stereocenters. The van der Waals surface area contributed by atoms with Crippen LogP contribution in [0.4, 0.5) is 0 Å². The molecule has 0 saturated heterocycles. The lowest BCUT2D eigenvalue weighted by atomic mass is 10.1. The zero-order valence-electron chi connectivity index (χ0n) is 10.2. The van der Waals surface area contributed by atoms with Gasteiger partial charge in [-0.2, -0.15) is 0 Å². The Hall–Kier alpha value is -1.61. The van der Waals surface area contributed by atoms with Crippen LogP contribution in [0, 0.1) is 0 Å². The third-order valence-corrected chi connectivity index (χ3v) is 2.79. The van der Waals surface area contributed by atoms with Crippen molar-refractivity contribution in [2.24, 2.45) is 0 Å². The molecule has 0 aliphatic heterocycles. The second-order valence-corrected chi connectivity index (χ2v) is 4.03. The molecule has 0 heterocycles. The van der Waals surface area contributed by atoms with Crippen molar-refractivity contribution in [3.63, 3.8) is 0 Å². The summed E-state index contributed by atoms with van der Waals surface area (Å²) in [5.41, 5.74) is 1.14. The maximum atomic E-state index is 10.8. The normalized spacial score (nSPS) is 12.4. The lowest BCUT2D eigenvalue weighted by Gasteiger charge is -2.27. The summed E-state index contributed by atoms with van der Waals surface area (Å²) in [5, 5.41) is 8.91. The predicted octanol–water partition coefficient (Wildman–Crippen LogP) is 2.71. The van der Waals surface area contributed by atoms with Gasteiger partial charge < -0.3 is 5.11 Å². The van der Waals surface area contributed by atoms with E-state index in [-0.39, 0.29) is 12.6 Å². The zero-order valence-corrected chi connectivity index (χ0v) is 10.2. The van der Waals surface area contributed by atoms with Crippen molar-refractivity contribution in [1.82, 2.24) is 4.90 Å². The van der Waals surface area contributed by atoms with Gasteiger partial charge in [0.05, 0.1) is 6.54 Å². The molecule has 0 radical (unpaired) electrons. The van der Waals surface area contributed by atoms with Gasteiger partial charge >= 0.3 is 5.97 Å². The molecule has 0 aliphatic rings. The smallest absolute Gasteiger partial charge is 0.317 e. The fraction of sp³-hybridized carbons (Fsp3) is 0.357. The van der Waals surface area contributed by atoms with Crippen molar-refractivity contribution in [1.29, 1.82) is 0 Å². The Bertz CT molecular complexity index is 362. The topological polar surface area (TPSA) is 40.5 Å². The van der Waals surface area contributed by atoms with Gasteiger partial charge in [0.1, 0.15) is 0 Å². The Morgan fingerprint density at radius 2 is 2.12 bits per heavy atom. The molecule has 17 heavy (non-hydrogen) atoms. The Kier molecular flexibility index (Phi) is 5.43. The molecule has 0 saturated carbocycles. The largest absolute Gasteiger partial charge is 0.480 e. The van der Waals surface area contributed by atoms with E-state index in [1.54, 1.807) is 0 Å². The third kappa shape index (κ3) is 4.41.